The number of methoxy groups -OCH3 is 2. The molecule has 5 heteroatoms. The van der Waals surface area contributed by atoms with Gasteiger partial charge in [-0.2, -0.15) is 5.10 Å². The van der Waals surface area contributed by atoms with Crippen molar-refractivity contribution in [3.05, 3.63) is 41.2 Å². The molecule has 1 heterocycles. The van der Waals surface area contributed by atoms with Gasteiger partial charge in [0.1, 0.15) is 17.6 Å². The molecule has 0 aliphatic rings. The van der Waals surface area contributed by atoms with E-state index >= 15 is 0 Å². The van der Waals surface area contributed by atoms with Crippen LogP contribution < -0.4 is 9.47 Å². The van der Waals surface area contributed by atoms with Crippen LogP contribution in [0, 0.1) is 6.92 Å². The van der Waals surface area contributed by atoms with Gasteiger partial charge in [-0.1, -0.05) is 6.07 Å². The lowest BCUT2D eigenvalue weighted by atomic mass is 10.0. The van der Waals surface area contributed by atoms with Gasteiger partial charge < -0.3 is 14.6 Å². The third-order valence-electron chi connectivity index (χ3n) is 3.31. The number of aryl methyl sites for hydroxylation is 1. The van der Waals surface area contributed by atoms with Crippen LogP contribution in [0.2, 0.25) is 0 Å². The number of benzene rings is 1. The van der Waals surface area contributed by atoms with Crippen LogP contribution in [0.3, 0.4) is 0 Å². The maximum Gasteiger partial charge on any atom is 0.128 e. The first kappa shape index (κ1) is 13.4. The molecule has 19 heavy (non-hydrogen) atoms. The van der Waals surface area contributed by atoms with Gasteiger partial charge in [-0.3, -0.25) is 4.68 Å². The van der Waals surface area contributed by atoms with Crippen LogP contribution in [-0.2, 0) is 7.05 Å². The van der Waals surface area contributed by atoms with Crippen LogP contribution in [0.1, 0.15) is 22.9 Å². The van der Waals surface area contributed by atoms with E-state index in [1.165, 1.54) is 0 Å². The molecule has 2 rings (SSSR count). The van der Waals surface area contributed by atoms with Crippen LogP contribution in [0.15, 0.2) is 24.4 Å². The highest BCUT2D eigenvalue weighted by molar-refractivity contribution is 5.49. The Hall–Kier alpha value is -2.01. The number of nitrogens with zero attached hydrogens (tertiary/aromatic N) is 2. The highest BCUT2D eigenvalue weighted by Gasteiger charge is 2.23. The zero-order chi connectivity index (χ0) is 14.0. The lowest BCUT2D eigenvalue weighted by Crippen LogP contribution is -2.06. The molecule has 0 bridgehead atoms. The Morgan fingerprint density at radius 3 is 2.21 bits per heavy atom. The third kappa shape index (κ3) is 2.29. The van der Waals surface area contributed by atoms with Crippen molar-refractivity contribution in [3.8, 4) is 11.5 Å². The van der Waals surface area contributed by atoms with Crippen molar-refractivity contribution in [1.82, 2.24) is 9.78 Å². The van der Waals surface area contributed by atoms with E-state index in [1.807, 2.05) is 20.0 Å². The van der Waals surface area contributed by atoms with Crippen molar-refractivity contribution in [2.24, 2.45) is 7.05 Å². The summed E-state index contributed by atoms with van der Waals surface area (Å²) in [6.45, 7) is 1.91. The van der Waals surface area contributed by atoms with Gasteiger partial charge in [-0.05, 0) is 19.1 Å². The summed E-state index contributed by atoms with van der Waals surface area (Å²) >= 11 is 0. The minimum absolute atomic E-state index is 0.593. The van der Waals surface area contributed by atoms with E-state index in [9.17, 15) is 5.11 Å². The Balaban J connectivity index is 2.54. The Bertz CT molecular complexity index is 556. The fourth-order valence-corrected chi connectivity index (χ4v) is 2.09. The van der Waals surface area contributed by atoms with Crippen LogP contribution in [-0.4, -0.2) is 29.1 Å². The van der Waals surface area contributed by atoms with Crippen LogP contribution in [0.5, 0.6) is 11.5 Å². The minimum Gasteiger partial charge on any atom is -0.496 e. The molecular weight excluding hydrogens is 244 g/mol. The Morgan fingerprint density at radius 2 is 1.79 bits per heavy atom. The van der Waals surface area contributed by atoms with Gasteiger partial charge in [0.15, 0.2) is 0 Å². The second kappa shape index (κ2) is 5.32. The van der Waals surface area contributed by atoms with Gasteiger partial charge in [0.25, 0.3) is 0 Å². The molecule has 2 aromatic rings. The fraction of sp³-hybridized carbons (Fsp3) is 0.357. The lowest BCUT2D eigenvalue weighted by molar-refractivity contribution is 0.208. The van der Waals surface area contributed by atoms with Crippen molar-refractivity contribution < 1.29 is 14.6 Å². The van der Waals surface area contributed by atoms with Crippen LogP contribution >= 0.6 is 0 Å². The number of ether oxygens (including phenoxy) is 2. The van der Waals surface area contributed by atoms with E-state index in [2.05, 4.69) is 5.10 Å². The number of rotatable bonds is 4. The molecule has 0 radical (unpaired) electrons. The molecule has 0 amide bonds. The highest BCUT2D eigenvalue weighted by atomic mass is 16.5. The van der Waals surface area contributed by atoms with Crippen LogP contribution in [0.25, 0.3) is 0 Å². The molecule has 0 saturated carbocycles. The summed E-state index contributed by atoms with van der Waals surface area (Å²) in [7, 11) is 4.98. The van der Waals surface area contributed by atoms with E-state index in [-0.39, 0.29) is 0 Å². The van der Waals surface area contributed by atoms with Gasteiger partial charge in [-0.25, -0.2) is 0 Å². The number of hydrogen-bond donors (Lipinski definition) is 1. The van der Waals surface area contributed by atoms with Crippen molar-refractivity contribution in [2.75, 3.05) is 14.2 Å². The Labute approximate surface area is 112 Å². The zero-order valence-corrected chi connectivity index (χ0v) is 11.5. The molecule has 1 N–H and O–H groups in total. The number of aromatic nitrogens is 2. The summed E-state index contributed by atoms with van der Waals surface area (Å²) in [6.07, 6.45) is 0.825. The molecule has 1 unspecified atom stereocenters. The summed E-state index contributed by atoms with van der Waals surface area (Å²) < 4.78 is 12.3. The summed E-state index contributed by atoms with van der Waals surface area (Å²) in [5.74, 6) is 1.19. The molecule has 5 nitrogen and oxygen atoms in total. The topological polar surface area (TPSA) is 56.5 Å². The quantitative estimate of drug-likeness (QED) is 0.913. The van der Waals surface area contributed by atoms with Gasteiger partial charge in [0, 0.05) is 18.3 Å². The molecule has 102 valence electrons. The first-order valence-electron chi connectivity index (χ1n) is 5.97. The molecule has 1 aromatic carbocycles. The van der Waals surface area contributed by atoms with Crippen LogP contribution in [0.4, 0.5) is 0 Å². The molecule has 1 atom stereocenters. The summed E-state index contributed by atoms with van der Waals surface area (Å²) in [6, 6.07) is 5.42. The molecule has 0 spiro atoms. The standard InChI is InChI=1S/C14H18N2O3/c1-9-10(8-15-16(9)2)14(17)13-11(18-3)6-5-7-12(13)19-4/h5-8,14,17H,1-4H3. The maximum absolute atomic E-state index is 10.6. The zero-order valence-electron chi connectivity index (χ0n) is 11.5. The second-order valence-corrected chi connectivity index (χ2v) is 4.29. The molecule has 0 aliphatic carbocycles. The molecule has 1 aromatic heterocycles. The first-order chi connectivity index (χ1) is 9.10. The van der Waals surface area contributed by atoms with Crippen molar-refractivity contribution in [3.63, 3.8) is 0 Å². The number of aliphatic hydroxyl groups excluding tert-OH is 1. The molecule has 0 fully saturated rings. The van der Waals surface area contributed by atoms with Crippen molar-refractivity contribution >= 4 is 0 Å². The Kier molecular flexibility index (Phi) is 3.76. The average Bonchev–Trinajstić information content (AvgIpc) is 2.77. The van der Waals surface area contributed by atoms with E-state index in [0.717, 1.165) is 11.3 Å². The average molecular weight is 262 g/mol. The third-order valence-corrected chi connectivity index (χ3v) is 3.31. The van der Waals surface area contributed by atoms with Crippen molar-refractivity contribution in [1.29, 1.82) is 0 Å². The fourth-order valence-electron chi connectivity index (χ4n) is 2.09. The number of hydrogen-bond acceptors (Lipinski definition) is 4. The molecular formula is C14H18N2O3. The predicted octanol–water partition coefficient (Wildman–Crippen LogP) is 1.83. The summed E-state index contributed by atoms with van der Waals surface area (Å²) in [4.78, 5) is 0. The van der Waals surface area contributed by atoms with Crippen molar-refractivity contribution in [2.45, 2.75) is 13.0 Å². The SMILES string of the molecule is COc1cccc(OC)c1C(O)c1cnn(C)c1C. The largest absolute Gasteiger partial charge is 0.496 e. The highest BCUT2D eigenvalue weighted by Crippen LogP contribution is 2.37. The second-order valence-electron chi connectivity index (χ2n) is 4.29. The van der Waals surface area contributed by atoms with E-state index in [4.69, 9.17) is 9.47 Å². The Morgan fingerprint density at radius 1 is 1.21 bits per heavy atom. The molecule has 0 aliphatic heterocycles. The summed E-state index contributed by atoms with van der Waals surface area (Å²) in [5, 5.41) is 14.7. The van der Waals surface area contributed by atoms with Gasteiger partial charge in [-0.15, -0.1) is 0 Å². The van der Waals surface area contributed by atoms with E-state index in [0.29, 0.717) is 17.1 Å². The first-order valence-corrected chi connectivity index (χ1v) is 5.97. The normalized spacial score (nSPS) is 12.3. The van der Waals surface area contributed by atoms with E-state index in [1.54, 1.807) is 37.2 Å². The molecule has 0 saturated heterocycles. The van der Waals surface area contributed by atoms with Gasteiger partial charge in [0.05, 0.1) is 26.0 Å². The maximum atomic E-state index is 10.6. The van der Waals surface area contributed by atoms with Gasteiger partial charge >= 0.3 is 0 Å². The minimum atomic E-state index is -0.834. The smallest absolute Gasteiger partial charge is 0.128 e. The predicted molar refractivity (Wildman–Crippen MR) is 71.6 cm³/mol. The van der Waals surface area contributed by atoms with Gasteiger partial charge in [0.2, 0.25) is 0 Å². The monoisotopic (exact) mass is 262 g/mol. The number of aliphatic hydroxyl groups is 1. The van der Waals surface area contributed by atoms with E-state index < -0.39 is 6.10 Å². The lowest BCUT2D eigenvalue weighted by Gasteiger charge is -2.17. The summed E-state index contributed by atoms with van der Waals surface area (Å²) in [5.41, 5.74) is 2.26.